The number of anilines is 2. The van der Waals surface area contributed by atoms with Crippen molar-refractivity contribution in [1.29, 1.82) is 0 Å². The third-order valence-electron chi connectivity index (χ3n) is 4.34. The first-order valence-corrected chi connectivity index (χ1v) is 10.8. The molecular weight excluding hydrogens is 402 g/mol. The molecule has 0 radical (unpaired) electrons. The number of furan rings is 1. The maximum atomic E-state index is 12.9. The molecule has 1 amide bonds. The average molecular weight is 427 g/mol. The van der Waals surface area contributed by atoms with Crippen LogP contribution in [0.1, 0.15) is 25.5 Å². The maximum Gasteiger partial charge on any atom is 0.330 e. The predicted octanol–water partition coefficient (Wildman–Crippen LogP) is -0.0635. The monoisotopic (exact) mass is 427 g/mol. The Hall–Kier alpha value is -2.86. The van der Waals surface area contributed by atoms with Gasteiger partial charge in [0.2, 0.25) is 15.9 Å². The summed E-state index contributed by atoms with van der Waals surface area (Å²) in [4.78, 5) is 40.8. The van der Waals surface area contributed by atoms with Gasteiger partial charge in [0.05, 0.1) is 25.6 Å². The van der Waals surface area contributed by atoms with E-state index in [0.717, 1.165) is 21.9 Å². The van der Waals surface area contributed by atoms with Crippen molar-refractivity contribution in [3.05, 3.63) is 45.0 Å². The summed E-state index contributed by atoms with van der Waals surface area (Å²) in [6.45, 7) is 1.51. The van der Waals surface area contributed by atoms with Crippen LogP contribution in [0.2, 0.25) is 0 Å². The molecule has 0 unspecified atom stereocenters. The van der Waals surface area contributed by atoms with E-state index in [1.807, 2.05) is 6.92 Å². The van der Waals surface area contributed by atoms with E-state index in [-0.39, 0.29) is 24.6 Å². The van der Waals surface area contributed by atoms with Crippen LogP contribution >= 0.6 is 0 Å². The molecule has 2 heterocycles. The normalized spacial score (nSPS) is 11.7. The van der Waals surface area contributed by atoms with Gasteiger partial charge < -0.3 is 10.2 Å². The van der Waals surface area contributed by atoms with Crippen molar-refractivity contribution in [3.63, 3.8) is 0 Å². The van der Waals surface area contributed by atoms with Crippen molar-refractivity contribution in [2.75, 3.05) is 30.5 Å². The van der Waals surface area contributed by atoms with E-state index in [0.29, 0.717) is 12.2 Å². The molecule has 0 aliphatic rings. The molecule has 0 saturated heterocycles. The number of amides is 1. The summed E-state index contributed by atoms with van der Waals surface area (Å²) in [5.41, 5.74) is 4.34. The van der Waals surface area contributed by atoms with E-state index in [9.17, 15) is 22.8 Å². The quantitative estimate of drug-likeness (QED) is 0.568. The number of carbonyl (C=O) groups is 1. The molecule has 0 aromatic carbocycles. The first-order chi connectivity index (χ1) is 13.6. The Morgan fingerprint density at radius 2 is 2.03 bits per heavy atom. The van der Waals surface area contributed by atoms with Gasteiger partial charge in [0.25, 0.3) is 5.56 Å². The van der Waals surface area contributed by atoms with Crippen molar-refractivity contribution in [2.45, 2.75) is 32.9 Å². The Kier molecular flexibility index (Phi) is 7.03. The van der Waals surface area contributed by atoms with Crippen LogP contribution in [0.25, 0.3) is 0 Å². The minimum Gasteiger partial charge on any atom is -0.467 e. The molecule has 2 aromatic heterocycles. The number of aromatic nitrogens is 2. The number of nitrogens with one attached hydrogen (secondary N) is 1. The summed E-state index contributed by atoms with van der Waals surface area (Å²) in [6, 6.07) is 3.20. The molecule has 29 heavy (non-hydrogen) atoms. The highest BCUT2D eigenvalue weighted by molar-refractivity contribution is 7.88. The van der Waals surface area contributed by atoms with E-state index in [1.54, 1.807) is 12.1 Å². The lowest BCUT2D eigenvalue weighted by atomic mass is 10.3. The van der Waals surface area contributed by atoms with Crippen molar-refractivity contribution >= 4 is 27.4 Å². The molecule has 0 aliphatic heterocycles. The molecule has 160 valence electrons. The van der Waals surface area contributed by atoms with Gasteiger partial charge in [0.15, 0.2) is 5.69 Å². The smallest absolute Gasteiger partial charge is 0.330 e. The first kappa shape index (κ1) is 22.4. The van der Waals surface area contributed by atoms with Crippen LogP contribution < -0.4 is 21.9 Å². The van der Waals surface area contributed by atoms with Crippen LogP contribution in [0.15, 0.2) is 32.4 Å². The van der Waals surface area contributed by atoms with Crippen molar-refractivity contribution < 1.29 is 17.6 Å². The van der Waals surface area contributed by atoms with Gasteiger partial charge in [-0.15, -0.1) is 0 Å². The molecule has 0 spiro atoms. The van der Waals surface area contributed by atoms with Crippen molar-refractivity contribution in [3.8, 4) is 0 Å². The van der Waals surface area contributed by atoms with Crippen molar-refractivity contribution in [2.24, 2.45) is 0 Å². The first-order valence-electron chi connectivity index (χ1n) is 8.92. The molecule has 0 bridgehead atoms. The van der Waals surface area contributed by atoms with Crippen molar-refractivity contribution in [1.82, 2.24) is 13.9 Å². The number of hydrogen-bond donors (Lipinski definition) is 2. The molecule has 2 aromatic rings. The average Bonchev–Trinajstić information content (AvgIpc) is 3.12. The molecule has 0 atom stereocenters. The van der Waals surface area contributed by atoms with E-state index in [2.05, 4.69) is 4.98 Å². The van der Waals surface area contributed by atoms with E-state index < -0.39 is 33.7 Å². The zero-order chi connectivity index (χ0) is 21.8. The number of unbranched alkanes of at least 4 members (excludes halogenated alkanes) is 1. The summed E-state index contributed by atoms with van der Waals surface area (Å²) in [5.74, 6) is -0.521. The maximum absolute atomic E-state index is 12.9. The number of nitrogens with zero attached hydrogens (tertiary/aromatic N) is 3. The van der Waals surface area contributed by atoms with Gasteiger partial charge in [-0.25, -0.2) is 13.2 Å². The van der Waals surface area contributed by atoms with E-state index in [1.165, 1.54) is 17.9 Å². The van der Waals surface area contributed by atoms with Crippen LogP contribution in [0.4, 0.5) is 11.5 Å². The summed E-state index contributed by atoms with van der Waals surface area (Å²) in [7, 11) is -2.39. The van der Waals surface area contributed by atoms with Crippen LogP contribution in [0, 0.1) is 0 Å². The third kappa shape index (κ3) is 5.35. The number of H-pyrrole nitrogens is 1. The molecule has 3 N–H and O–H groups in total. The van der Waals surface area contributed by atoms with Gasteiger partial charge in [-0.3, -0.25) is 24.0 Å². The number of rotatable bonds is 9. The largest absolute Gasteiger partial charge is 0.467 e. The molecule has 12 heteroatoms. The van der Waals surface area contributed by atoms with Gasteiger partial charge >= 0.3 is 5.69 Å². The highest BCUT2D eigenvalue weighted by atomic mass is 32.2. The standard InChI is InChI=1S/C17H25N5O6S/c1-4-5-8-21-15(18)14(16(24)19-17(21)25)22(10-12-7-6-9-28-12)13(23)11-20(2)29(3,26)27/h6-7,9H,4-5,8,10-11,18H2,1-3H3,(H,19,24,25). The number of carbonyl (C=O) groups excluding carboxylic acids is 1. The number of hydrogen-bond acceptors (Lipinski definition) is 7. The number of sulfonamides is 1. The zero-order valence-corrected chi connectivity index (χ0v) is 17.4. The molecule has 0 fully saturated rings. The molecule has 2 rings (SSSR count). The van der Waals surface area contributed by atoms with Gasteiger partial charge in [-0.1, -0.05) is 13.3 Å². The molecular formula is C17H25N5O6S. The minimum atomic E-state index is -3.63. The Balaban J connectivity index is 2.55. The van der Waals surface area contributed by atoms with Crippen LogP contribution in [0.3, 0.4) is 0 Å². The Morgan fingerprint density at radius 3 is 2.59 bits per heavy atom. The van der Waals surface area contributed by atoms with Crippen LogP contribution in [-0.2, 0) is 27.9 Å². The number of likely N-dealkylation sites (N-methyl/N-ethyl adjacent to an activating group) is 1. The van der Waals surface area contributed by atoms with Gasteiger partial charge in [0, 0.05) is 13.6 Å². The lowest BCUT2D eigenvalue weighted by molar-refractivity contribution is -0.118. The summed E-state index contributed by atoms with van der Waals surface area (Å²) < 4.78 is 30.7. The fourth-order valence-corrected chi connectivity index (χ4v) is 2.96. The number of nitrogens with two attached hydrogens (primary N) is 1. The van der Waals surface area contributed by atoms with Gasteiger partial charge in [-0.05, 0) is 18.6 Å². The lowest BCUT2D eigenvalue weighted by Crippen LogP contribution is -2.45. The van der Waals surface area contributed by atoms with Gasteiger partial charge in [-0.2, -0.15) is 4.31 Å². The summed E-state index contributed by atoms with van der Waals surface area (Å²) in [6.07, 6.45) is 3.78. The Morgan fingerprint density at radius 1 is 1.34 bits per heavy atom. The fraction of sp³-hybridized carbons (Fsp3) is 0.471. The van der Waals surface area contributed by atoms with E-state index >= 15 is 0 Å². The second-order valence-electron chi connectivity index (χ2n) is 6.58. The summed E-state index contributed by atoms with van der Waals surface area (Å²) in [5, 5.41) is 0. The predicted molar refractivity (Wildman–Crippen MR) is 108 cm³/mol. The molecule has 11 nitrogen and oxygen atoms in total. The molecule has 0 aliphatic carbocycles. The number of aromatic amines is 1. The topological polar surface area (TPSA) is 152 Å². The van der Waals surface area contributed by atoms with Gasteiger partial charge in [0.1, 0.15) is 11.6 Å². The SMILES string of the molecule is CCCCn1c(N)c(N(Cc2ccco2)C(=O)CN(C)S(C)(=O)=O)c(=O)[nH]c1=O. The Bertz CT molecular complexity index is 1070. The fourth-order valence-electron chi connectivity index (χ4n) is 2.62. The molecule has 0 saturated carbocycles. The van der Waals surface area contributed by atoms with Crippen LogP contribution in [-0.4, -0.2) is 48.0 Å². The van der Waals surface area contributed by atoms with Crippen LogP contribution in [0.5, 0.6) is 0 Å². The zero-order valence-electron chi connectivity index (χ0n) is 16.5. The minimum absolute atomic E-state index is 0.164. The second kappa shape index (κ2) is 9.09. The second-order valence-corrected chi connectivity index (χ2v) is 8.67. The Labute approximate surface area is 167 Å². The summed E-state index contributed by atoms with van der Waals surface area (Å²) >= 11 is 0. The number of nitrogen functional groups attached to an aromatic ring is 1. The highest BCUT2D eigenvalue weighted by Gasteiger charge is 2.27. The lowest BCUT2D eigenvalue weighted by Gasteiger charge is -2.25. The highest BCUT2D eigenvalue weighted by Crippen LogP contribution is 2.20. The third-order valence-corrected chi connectivity index (χ3v) is 5.60. The van der Waals surface area contributed by atoms with E-state index in [4.69, 9.17) is 10.2 Å².